The Balaban J connectivity index is 1.82. The van der Waals surface area contributed by atoms with Crippen LogP contribution in [0.3, 0.4) is 0 Å². The fraction of sp³-hybridized carbons (Fsp3) is 0.750. The largest absolute Gasteiger partial charge is 0.309 e. The summed E-state index contributed by atoms with van der Waals surface area (Å²) in [6, 6.07) is 0.704. The molecule has 2 nitrogen and oxygen atoms in total. The number of thiazole rings is 1. The van der Waals surface area contributed by atoms with E-state index in [4.69, 9.17) is 0 Å². The van der Waals surface area contributed by atoms with Crippen LogP contribution in [0.2, 0.25) is 0 Å². The fourth-order valence-electron chi connectivity index (χ4n) is 2.38. The first kappa shape index (κ1) is 11.1. The van der Waals surface area contributed by atoms with Crippen molar-refractivity contribution in [3.05, 3.63) is 16.6 Å². The normalized spacial score (nSPS) is 31.7. The maximum absolute atomic E-state index is 4.10. The zero-order valence-corrected chi connectivity index (χ0v) is 10.4. The van der Waals surface area contributed by atoms with Crippen LogP contribution in [0, 0.1) is 11.8 Å². The zero-order valence-electron chi connectivity index (χ0n) is 9.57. The van der Waals surface area contributed by atoms with Crippen molar-refractivity contribution < 1.29 is 0 Å². The van der Waals surface area contributed by atoms with Gasteiger partial charge in [0, 0.05) is 23.7 Å². The third-order valence-electron chi connectivity index (χ3n) is 3.48. The smallest absolute Gasteiger partial charge is 0.0794 e. The molecule has 0 aliphatic heterocycles. The Hall–Kier alpha value is -0.410. The summed E-state index contributed by atoms with van der Waals surface area (Å²) in [5, 5.41) is 3.67. The Morgan fingerprint density at radius 3 is 3.07 bits per heavy atom. The molecule has 0 spiro atoms. The van der Waals surface area contributed by atoms with Crippen molar-refractivity contribution in [3.63, 3.8) is 0 Å². The lowest BCUT2D eigenvalue weighted by atomic mass is 9.80. The third kappa shape index (κ3) is 3.02. The predicted octanol–water partition coefficient (Wildman–Crippen LogP) is 3.06. The Labute approximate surface area is 96.1 Å². The van der Waals surface area contributed by atoms with Gasteiger partial charge in [0.1, 0.15) is 0 Å². The molecule has 1 heterocycles. The van der Waals surface area contributed by atoms with Gasteiger partial charge in [0.2, 0.25) is 0 Å². The number of aromatic nitrogens is 1. The molecule has 15 heavy (non-hydrogen) atoms. The molecule has 0 radical (unpaired) electrons. The van der Waals surface area contributed by atoms with Gasteiger partial charge in [-0.05, 0) is 24.7 Å². The van der Waals surface area contributed by atoms with Crippen molar-refractivity contribution in [2.24, 2.45) is 11.8 Å². The number of hydrogen-bond acceptors (Lipinski definition) is 3. The summed E-state index contributed by atoms with van der Waals surface area (Å²) in [4.78, 5) is 5.45. The first-order chi connectivity index (χ1) is 7.25. The standard InChI is InChI=1S/C12H20N2S/c1-9-3-4-10(2)12(5-9)14-7-11-6-13-8-15-11/h6,8-10,12,14H,3-5,7H2,1-2H3. The van der Waals surface area contributed by atoms with Crippen LogP contribution >= 0.6 is 11.3 Å². The third-order valence-corrected chi connectivity index (χ3v) is 4.26. The molecule has 1 saturated carbocycles. The molecule has 0 aromatic carbocycles. The van der Waals surface area contributed by atoms with Crippen molar-refractivity contribution >= 4 is 11.3 Å². The SMILES string of the molecule is CC1CCC(C)C(NCc2cncs2)C1. The van der Waals surface area contributed by atoms with Gasteiger partial charge in [0.25, 0.3) is 0 Å². The molecule has 1 aliphatic carbocycles. The highest BCUT2D eigenvalue weighted by molar-refractivity contribution is 7.09. The quantitative estimate of drug-likeness (QED) is 0.853. The van der Waals surface area contributed by atoms with Crippen molar-refractivity contribution in [2.45, 2.75) is 45.7 Å². The highest BCUT2D eigenvalue weighted by Crippen LogP contribution is 2.28. The van der Waals surface area contributed by atoms with E-state index in [0.29, 0.717) is 6.04 Å². The highest BCUT2D eigenvalue weighted by atomic mass is 32.1. The molecule has 1 aromatic heterocycles. The minimum atomic E-state index is 0.704. The lowest BCUT2D eigenvalue weighted by molar-refractivity contribution is 0.228. The summed E-state index contributed by atoms with van der Waals surface area (Å²) in [7, 11) is 0. The van der Waals surface area contributed by atoms with E-state index in [-0.39, 0.29) is 0 Å². The molecule has 1 aromatic rings. The van der Waals surface area contributed by atoms with Crippen LogP contribution in [0.15, 0.2) is 11.7 Å². The van der Waals surface area contributed by atoms with Crippen LogP contribution in [-0.4, -0.2) is 11.0 Å². The summed E-state index contributed by atoms with van der Waals surface area (Å²) in [6.45, 7) is 5.73. The number of rotatable bonds is 3. The van der Waals surface area contributed by atoms with Gasteiger partial charge in [-0.2, -0.15) is 0 Å². The van der Waals surface area contributed by atoms with E-state index in [1.54, 1.807) is 11.3 Å². The minimum Gasteiger partial charge on any atom is -0.309 e. The molecule has 3 heteroatoms. The zero-order chi connectivity index (χ0) is 10.7. The first-order valence-electron chi connectivity index (χ1n) is 5.86. The van der Waals surface area contributed by atoms with Crippen molar-refractivity contribution in [3.8, 4) is 0 Å². The van der Waals surface area contributed by atoms with E-state index in [1.807, 2.05) is 11.7 Å². The van der Waals surface area contributed by atoms with Gasteiger partial charge in [-0.15, -0.1) is 11.3 Å². The minimum absolute atomic E-state index is 0.704. The Morgan fingerprint density at radius 2 is 2.33 bits per heavy atom. The van der Waals surface area contributed by atoms with Gasteiger partial charge in [-0.25, -0.2) is 0 Å². The molecular formula is C12H20N2S. The Bertz CT molecular complexity index is 284. The fourth-order valence-corrected chi connectivity index (χ4v) is 2.92. The van der Waals surface area contributed by atoms with E-state index >= 15 is 0 Å². The molecule has 0 bridgehead atoms. The van der Waals surface area contributed by atoms with E-state index in [0.717, 1.165) is 18.4 Å². The van der Waals surface area contributed by atoms with Gasteiger partial charge in [-0.3, -0.25) is 4.98 Å². The van der Waals surface area contributed by atoms with Crippen LogP contribution < -0.4 is 5.32 Å². The highest BCUT2D eigenvalue weighted by Gasteiger charge is 2.24. The van der Waals surface area contributed by atoms with Crippen LogP contribution in [0.1, 0.15) is 38.0 Å². The topological polar surface area (TPSA) is 24.9 Å². The summed E-state index contributed by atoms with van der Waals surface area (Å²) >= 11 is 1.74. The van der Waals surface area contributed by atoms with Gasteiger partial charge in [0.15, 0.2) is 0 Å². The van der Waals surface area contributed by atoms with Gasteiger partial charge in [0.05, 0.1) is 5.51 Å². The van der Waals surface area contributed by atoms with Crippen LogP contribution in [0.5, 0.6) is 0 Å². The average molecular weight is 224 g/mol. The maximum atomic E-state index is 4.10. The van der Waals surface area contributed by atoms with Gasteiger partial charge >= 0.3 is 0 Å². The molecule has 1 aliphatic rings. The molecule has 3 atom stereocenters. The second-order valence-electron chi connectivity index (χ2n) is 4.85. The van der Waals surface area contributed by atoms with Crippen LogP contribution in [0.4, 0.5) is 0 Å². The molecule has 0 amide bonds. The van der Waals surface area contributed by atoms with Crippen molar-refractivity contribution in [2.75, 3.05) is 0 Å². The van der Waals surface area contributed by atoms with E-state index < -0.39 is 0 Å². The molecule has 84 valence electrons. The lowest BCUT2D eigenvalue weighted by Gasteiger charge is -2.33. The predicted molar refractivity (Wildman–Crippen MR) is 64.9 cm³/mol. The summed E-state index contributed by atoms with van der Waals surface area (Å²) in [5.41, 5.74) is 1.91. The average Bonchev–Trinajstić information content (AvgIpc) is 2.72. The Kier molecular flexibility index (Phi) is 3.76. The van der Waals surface area contributed by atoms with Crippen molar-refractivity contribution in [1.29, 1.82) is 0 Å². The molecule has 2 rings (SSSR count). The number of nitrogens with one attached hydrogen (secondary N) is 1. The molecule has 1 fully saturated rings. The van der Waals surface area contributed by atoms with E-state index in [2.05, 4.69) is 24.1 Å². The number of nitrogens with zero attached hydrogens (tertiary/aromatic N) is 1. The van der Waals surface area contributed by atoms with E-state index in [9.17, 15) is 0 Å². The molecular weight excluding hydrogens is 204 g/mol. The molecule has 1 N–H and O–H groups in total. The second kappa shape index (κ2) is 5.08. The lowest BCUT2D eigenvalue weighted by Crippen LogP contribution is -2.38. The first-order valence-corrected chi connectivity index (χ1v) is 6.74. The summed E-state index contributed by atoms with van der Waals surface area (Å²) in [5.74, 6) is 1.72. The van der Waals surface area contributed by atoms with Crippen LogP contribution in [0.25, 0.3) is 0 Å². The second-order valence-corrected chi connectivity index (χ2v) is 5.82. The summed E-state index contributed by atoms with van der Waals surface area (Å²) < 4.78 is 0. The molecule has 3 unspecified atom stereocenters. The van der Waals surface area contributed by atoms with Crippen LogP contribution in [-0.2, 0) is 6.54 Å². The van der Waals surface area contributed by atoms with E-state index in [1.165, 1.54) is 24.1 Å². The number of hydrogen-bond donors (Lipinski definition) is 1. The monoisotopic (exact) mass is 224 g/mol. The van der Waals surface area contributed by atoms with Crippen molar-refractivity contribution in [1.82, 2.24) is 10.3 Å². The summed E-state index contributed by atoms with van der Waals surface area (Å²) in [6.07, 6.45) is 6.08. The van der Waals surface area contributed by atoms with Gasteiger partial charge in [-0.1, -0.05) is 20.3 Å². The maximum Gasteiger partial charge on any atom is 0.0794 e. The van der Waals surface area contributed by atoms with Gasteiger partial charge < -0.3 is 5.32 Å². The Morgan fingerprint density at radius 1 is 1.47 bits per heavy atom. The molecule has 0 saturated heterocycles.